The number of hydrogen-bond acceptors (Lipinski definition) is 3. The van der Waals surface area contributed by atoms with Crippen molar-refractivity contribution in [2.24, 2.45) is 0 Å². The molecule has 0 aliphatic rings. The highest BCUT2D eigenvalue weighted by atomic mass is 35.5. The molecule has 0 fully saturated rings. The second kappa shape index (κ2) is 7.38. The van der Waals surface area contributed by atoms with Crippen molar-refractivity contribution in [3.05, 3.63) is 23.2 Å². The SMILES string of the molecule is CCCCS(=O)CC(=O)Nc1cc(Cl)ccc1N. The Hall–Kier alpha value is -1.07. The first-order chi connectivity index (χ1) is 8.52. The highest BCUT2D eigenvalue weighted by Crippen LogP contribution is 2.22. The van der Waals surface area contributed by atoms with Gasteiger partial charge in [-0.05, 0) is 24.6 Å². The molecule has 1 atom stereocenters. The van der Waals surface area contributed by atoms with E-state index in [1.54, 1.807) is 18.2 Å². The summed E-state index contributed by atoms with van der Waals surface area (Å²) in [4.78, 5) is 11.6. The molecule has 0 saturated heterocycles. The topological polar surface area (TPSA) is 72.2 Å². The van der Waals surface area contributed by atoms with Gasteiger partial charge in [0.2, 0.25) is 5.91 Å². The molecule has 1 amide bonds. The summed E-state index contributed by atoms with van der Waals surface area (Å²) < 4.78 is 11.5. The average molecular weight is 289 g/mol. The number of nitrogens with one attached hydrogen (secondary N) is 1. The molecule has 1 rings (SSSR count). The monoisotopic (exact) mass is 288 g/mol. The van der Waals surface area contributed by atoms with Crippen LogP contribution in [0.15, 0.2) is 18.2 Å². The third-order valence-corrected chi connectivity index (χ3v) is 3.87. The molecule has 0 spiro atoms. The lowest BCUT2D eigenvalue weighted by atomic mass is 10.2. The third-order valence-electron chi connectivity index (χ3n) is 2.31. The molecule has 0 aliphatic carbocycles. The predicted molar refractivity (Wildman–Crippen MR) is 77.3 cm³/mol. The number of anilines is 2. The zero-order valence-corrected chi connectivity index (χ0v) is 11.8. The van der Waals surface area contributed by atoms with Gasteiger partial charge >= 0.3 is 0 Å². The molecule has 18 heavy (non-hydrogen) atoms. The van der Waals surface area contributed by atoms with Crippen LogP contribution in [0.4, 0.5) is 11.4 Å². The van der Waals surface area contributed by atoms with Crippen molar-refractivity contribution in [3.63, 3.8) is 0 Å². The standard InChI is InChI=1S/C12H17ClN2O2S/c1-2-3-6-18(17)8-12(16)15-11-7-9(13)4-5-10(11)14/h4-5,7H,2-3,6,8,14H2,1H3,(H,15,16). The van der Waals surface area contributed by atoms with E-state index in [1.807, 2.05) is 6.92 Å². The largest absolute Gasteiger partial charge is 0.397 e. The quantitative estimate of drug-likeness (QED) is 0.790. The van der Waals surface area contributed by atoms with Crippen LogP contribution < -0.4 is 11.1 Å². The highest BCUT2D eigenvalue weighted by Gasteiger charge is 2.09. The summed E-state index contributed by atoms with van der Waals surface area (Å²) in [6.45, 7) is 2.02. The van der Waals surface area contributed by atoms with Crippen LogP contribution in [0.2, 0.25) is 5.02 Å². The lowest BCUT2D eigenvalue weighted by Crippen LogP contribution is -2.21. The number of nitrogen functional groups attached to an aromatic ring is 1. The van der Waals surface area contributed by atoms with Crippen LogP contribution >= 0.6 is 11.6 Å². The van der Waals surface area contributed by atoms with Crippen LogP contribution in [0.25, 0.3) is 0 Å². The Morgan fingerprint density at radius 1 is 1.50 bits per heavy atom. The van der Waals surface area contributed by atoms with Crippen LogP contribution in [0.5, 0.6) is 0 Å². The van der Waals surface area contributed by atoms with Gasteiger partial charge in [-0.3, -0.25) is 9.00 Å². The van der Waals surface area contributed by atoms with E-state index < -0.39 is 10.8 Å². The third kappa shape index (κ3) is 5.06. The first-order valence-electron chi connectivity index (χ1n) is 5.72. The van der Waals surface area contributed by atoms with Crippen molar-refractivity contribution in [3.8, 4) is 0 Å². The first-order valence-corrected chi connectivity index (χ1v) is 7.59. The minimum absolute atomic E-state index is 0.00798. The number of unbranched alkanes of at least 4 members (excludes halogenated alkanes) is 1. The van der Waals surface area contributed by atoms with E-state index in [1.165, 1.54) is 0 Å². The molecule has 0 aliphatic heterocycles. The van der Waals surface area contributed by atoms with E-state index >= 15 is 0 Å². The Balaban J connectivity index is 2.54. The average Bonchev–Trinajstić information content (AvgIpc) is 2.31. The number of rotatable bonds is 6. The number of amides is 1. The number of halogens is 1. The summed E-state index contributed by atoms with van der Waals surface area (Å²) in [7, 11) is -1.12. The van der Waals surface area contributed by atoms with Crippen LogP contribution in [0.1, 0.15) is 19.8 Å². The molecular formula is C12H17ClN2O2S. The highest BCUT2D eigenvalue weighted by molar-refractivity contribution is 7.85. The van der Waals surface area contributed by atoms with Crippen molar-refractivity contribution < 1.29 is 9.00 Å². The maximum absolute atomic E-state index is 11.6. The minimum atomic E-state index is -1.12. The molecule has 100 valence electrons. The number of carbonyl (C=O) groups is 1. The molecule has 0 heterocycles. The van der Waals surface area contributed by atoms with Crippen molar-refractivity contribution in [1.29, 1.82) is 0 Å². The summed E-state index contributed by atoms with van der Waals surface area (Å²) in [5.74, 6) is 0.236. The molecule has 0 aromatic heterocycles. The molecule has 0 radical (unpaired) electrons. The Labute approximate surface area is 114 Å². The lowest BCUT2D eigenvalue weighted by Gasteiger charge is -2.08. The van der Waals surface area contributed by atoms with E-state index in [0.29, 0.717) is 22.2 Å². The van der Waals surface area contributed by atoms with Gasteiger partial charge in [-0.2, -0.15) is 0 Å². The normalized spacial score (nSPS) is 12.1. The van der Waals surface area contributed by atoms with Crippen LogP contribution in [0.3, 0.4) is 0 Å². The number of benzene rings is 1. The molecule has 0 bridgehead atoms. The van der Waals surface area contributed by atoms with Gasteiger partial charge in [-0.15, -0.1) is 0 Å². The maximum atomic E-state index is 11.6. The van der Waals surface area contributed by atoms with Crippen LogP contribution in [-0.4, -0.2) is 21.6 Å². The van der Waals surface area contributed by atoms with Crippen molar-refractivity contribution in [2.75, 3.05) is 22.6 Å². The second-order valence-corrected chi connectivity index (χ2v) is 5.93. The molecule has 1 aromatic carbocycles. The van der Waals surface area contributed by atoms with E-state index in [2.05, 4.69) is 5.32 Å². The van der Waals surface area contributed by atoms with Gasteiger partial charge in [-0.25, -0.2) is 0 Å². The van der Waals surface area contributed by atoms with Crippen molar-refractivity contribution in [1.82, 2.24) is 0 Å². The fourth-order valence-corrected chi connectivity index (χ4v) is 2.64. The fourth-order valence-electron chi connectivity index (χ4n) is 1.35. The molecule has 3 N–H and O–H groups in total. The summed E-state index contributed by atoms with van der Waals surface area (Å²) in [5.41, 5.74) is 6.59. The zero-order valence-electron chi connectivity index (χ0n) is 10.2. The number of carbonyl (C=O) groups excluding carboxylic acids is 1. The molecular weight excluding hydrogens is 272 g/mol. The second-order valence-electron chi connectivity index (χ2n) is 3.92. The molecule has 4 nitrogen and oxygen atoms in total. The predicted octanol–water partition coefficient (Wildman–Crippen LogP) is 2.41. The summed E-state index contributed by atoms with van der Waals surface area (Å²) in [6.07, 6.45) is 1.83. The fraction of sp³-hybridized carbons (Fsp3) is 0.417. The molecule has 6 heteroatoms. The van der Waals surface area contributed by atoms with Gasteiger partial charge < -0.3 is 11.1 Å². The van der Waals surface area contributed by atoms with Gasteiger partial charge in [0.15, 0.2) is 0 Å². The van der Waals surface area contributed by atoms with Gasteiger partial charge in [0.05, 0.1) is 11.4 Å². The van der Waals surface area contributed by atoms with E-state index in [9.17, 15) is 9.00 Å². The van der Waals surface area contributed by atoms with Crippen molar-refractivity contribution in [2.45, 2.75) is 19.8 Å². The van der Waals surface area contributed by atoms with Crippen LogP contribution in [-0.2, 0) is 15.6 Å². The Bertz CT molecular complexity index is 452. The first kappa shape index (κ1) is 15.0. The summed E-state index contributed by atoms with van der Waals surface area (Å²) >= 11 is 5.81. The van der Waals surface area contributed by atoms with E-state index in [-0.39, 0.29) is 11.7 Å². The lowest BCUT2D eigenvalue weighted by molar-refractivity contribution is -0.113. The molecule has 1 unspecified atom stereocenters. The maximum Gasteiger partial charge on any atom is 0.237 e. The van der Waals surface area contributed by atoms with Gasteiger partial charge in [0.1, 0.15) is 5.75 Å². The van der Waals surface area contributed by atoms with Gasteiger partial charge in [0.25, 0.3) is 0 Å². The molecule has 1 aromatic rings. The zero-order chi connectivity index (χ0) is 13.5. The summed E-state index contributed by atoms with van der Waals surface area (Å²) in [6, 6.07) is 4.84. The molecule has 0 saturated carbocycles. The van der Waals surface area contributed by atoms with E-state index in [0.717, 1.165) is 12.8 Å². The Morgan fingerprint density at radius 3 is 2.89 bits per heavy atom. The number of nitrogens with two attached hydrogens (primary N) is 1. The van der Waals surface area contributed by atoms with Gasteiger partial charge in [0, 0.05) is 21.6 Å². The van der Waals surface area contributed by atoms with E-state index in [4.69, 9.17) is 17.3 Å². The minimum Gasteiger partial charge on any atom is -0.397 e. The van der Waals surface area contributed by atoms with Crippen molar-refractivity contribution >= 4 is 39.7 Å². The Kier molecular flexibility index (Phi) is 6.15. The smallest absolute Gasteiger partial charge is 0.237 e. The van der Waals surface area contributed by atoms with Crippen LogP contribution in [0, 0.1) is 0 Å². The van der Waals surface area contributed by atoms with Gasteiger partial charge in [-0.1, -0.05) is 24.9 Å². The Morgan fingerprint density at radius 2 is 2.22 bits per heavy atom. The summed E-state index contributed by atoms with van der Waals surface area (Å²) in [5, 5.41) is 3.11. The number of hydrogen-bond donors (Lipinski definition) is 2.